The lowest BCUT2D eigenvalue weighted by atomic mass is 9.89. The second kappa shape index (κ2) is 9.68. The topological polar surface area (TPSA) is 131 Å². The average Bonchev–Trinajstić information content (AvgIpc) is 3.49. The van der Waals surface area contributed by atoms with Crippen molar-refractivity contribution in [2.45, 2.75) is 38.5 Å². The molecule has 1 aliphatic rings. The molecular formula is C28H28N4O5. The minimum atomic E-state index is -1.25. The van der Waals surface area contributed by atoms with Crippen molar-refractivity contribution in [1.82, 2.24) is 15.4 Å². The Morgan fingerprint density at radius 3 is 2.68 bits per heavy atom. The Balaban J connectivity index is 1.34. The van der Waals surface area contributed by atoms with Gasteiger partial charge in [0.15, 0.2) is 5.76 Å². The lowest BCUT2D eigenvalue weighted by Gasteiger charge is -2.27. The predicted molar refractivity (Wildman–Crippen MR) is 137 cm³/mol. The zero-order chi connectivity index (χ0) is 26.2. The summed E-state index contributed by atoms with van der Waals surface area (Å²) in [6.45, 7) is 4.07. The van der Waals surface area contributed by atoms with Gasteiger partial charge in [-0.15, -0.1) is 0 Å². The standard InChI is InChI=1S/C28H28N4O5/c1-17-7-12-25(37-17)24-15-19(22-5-3-4-6-23(22)30-24)16-36-21-10-8-20(9-11-21)28(29)13-14-32(27(28)34)18(2)26(33)31-35/h3-12,15,18,35H,13-14,16,29H2,1-2H3,(H,31,33). The second-order valence-corrected chi connectivity index (χ2v) is 9.28. The van der Waals surface area contributed by atoms with Gasteiger partial charge in [0.2, 0.25) is 5.91 Å². The Morgan fingerprint density at radius 1 is 1.22 bits per heavy atom. The van der Waals surface area contributed by atoms with E-state index in [1.165, 1.54) is 4.90 Å². The van der Waals surface area contributed by atoms with Crippen LogP contribution in [0.5, 0.6) is 5.75 Å². The summed E-state index contributed by atoms with van der Waals surface area (Å²) in [4.78, 5) is 31.0. The fraction of sp³-hybridized carbons (Fsp3) is 0.250. The van der Waals surface area contributed by atoms with Crippen LogP contribution in [0.25, 0.3) is 22.4 Å². The molecule has 3 heterocycles. The number of hydroxylamine groups is 1. The Kier molecular flexibility index (Phi) is 6.41. The molecule has 0 bridgehead atoms. The molecule has 0 aliphatic carbocycles. The smallest absolute Gasteiger partial charge is 0.265 e. The lowest BCUT2D eigenvalue weighted by Crippen LogP contribution is -2.50. The summed E-state index contributed by atoms with van der Waals surface area (Å²) >= 11 is 0. The van der Waals surface area contributed by atoms with E-state index >= 15 is 0 Å². The average molecular weight is 501 g/mol. The molecule has 2 aromatic heterocycles. The number of nitrogens with zero attached hydrogens (tertiary/aromatic N) is 2. The quantitative estimate of drug-likeness (QED) is 0.261. The number of likely N-dealkylation sites (tertiary alicyclic amines) is 1. The number of carbonyl (C=O) groups excluding carboxylic acids is 2. The molecule has 5 rings (SSSR count). The van der Waals surface area contributed by atoms with E-state index in [-0.39, 0.29) is 5.91 Å². The van der Waals surface area contributed by atoms with Crippen LogP contribution in [-0.4, -0.2) is 39.5 Å². The summed E-state index contributed by atoms with van der Waals surface area (Å²) in [6.07, 6.45) is 0.354. The highest BCUT2D eigenvalue weighted by molar-refractivity contribution is 5.94. The maximum absolute atomic E-state index is 13.1. The first-order chi connectivity index (χ1) is 17.8. The molecule has 2 atom stereocenters. The van der Waals surface area contributed by atoms with Crippen LogP contribution in [-0.2, 0) is 21.7 Å². The molecular weight excluding hydrogens is 472 g/mol. The van der Waals surface area contributed by atoms with Crippen molar-refractivity contribution in [3.8, 4) is 17.2 Å². The number of amides is 2. The number of aromatic nitrogens is 1. The number of carbonyl (C=O) groups is 2. The van der Waals surface area contributed by atoms with Gasteiger partial charge in [-0.2, -0.15) is 0 Å². The molecule has 2 amide bonds. The highest BCUT2D eigenvalue weighted by Gasteiger charge is 2.47. The largest absolute Gasteiger partial charge is 0.489 e. The minimum absolute atomic E-state index is 0.309. The maximum atomic E-state index is 13.1. The number of ether oxygens (including phenoxy) is 1. The highest BCUT2D eigenvalue weighted by atomic mass is 16.5. The van der Waals surface area contributed by atoms with Gasteiger partial charge in [0.05, 0.1) is 5.52 Å². The van der Waals surface area contributed by atoms with E-state index in [1.807, 2.05) is 49.4 Å². The number of fused-ring (bicyclic) bond motifs is 1. The second-order valence-electron chi connectivity index (χ2n) is 9.28. The minimum Gasteiger partial charge on any atom is -0.489 e. The van der Waals surface area contributed by atoms with Gasteiger partial charge < -0.3 is 19.8 Å². The number of hydrogen-bond acceptors (Lipinski definition) is 7. The number of pyridine rings is 1. The number of furan rings is 1. The number of aryl methyl sites for hydroxylation is 1. The molecule has 1 saturated heterocycles. The molecule has 0 saturated carbocycles. The Labute approximate surface area is 213 Å². The van der Waals surface area contributed by atoms with Gasteiger partial charge in [0, 0.05) is 17.5 Å². The Bertz CT molecular complexity index is 1470. The maximum Gasteiger partial charge on any atom is 0.265 e. The molecule has 1 aliphatic heterocycles. The van der Waals surface area contributed by atoms with Crippen LogP contribution in [0.2, 0.25) is 0 Å². The van der Waals surface area contributed by atoms with Crippen LogP contribution in [0.15, 0.2) is 71.1 Å². The van der Waals surface area contributed by atoms with Gasteiger partial charge >= 0.3 is 0 Å². The van der Waals surface area contributed by atoms with Gasteiger partial charge in [-0.1, -0.05) is 30.3 Å². The van der Waals surface area contributed by atoms with Crippen molar-refractivity contribution in [2.75, 3.05) is 6.54 Å². The summed E-state index contributed by atoms with van der Waals surface area (Å²) in [5.41, 5.74) is 10.0. The molecule has 9 heteroatoms. The summed E-state index contributed by atoms with van der Waals surface area (Å²) < 4.78 is 11.9. The molecule has 190 valence electrons. The molecule has 4 N–H and O–H groups in total. The van der Waals surface area contributed by atoms with Crippen LogP contribution in [0, 0.1) is 6.92 Å². The molecule has 0 radical (unpaired) electrons. The Morgan fingerprint density at radius 2 is 1.97 bits per heavy atom. The number of nitrogens with one attached hydrogen (secondary N) is 1. The van der Waals surface area contributed by atoms with Gasteiger partial charge in [-0.25, -0.2) is 10.5 Å². The predicted octanol–water partition coefficient (Wildman–Crippen LogP) is 3.66. The summed E-state index contributed by atoms with van der Waals surface area (Å²) in [6, 6.07) is 19.9. The highest BCUT2D eigenvalue weighted by Crippen LogP contribution is 2.33. The van der Waals surface area contributed by atoms with Crippen molar-refractivity contribution < 1.29 is 24.0 Å². The SMILES string of the molecule is Cc1ccc(-c2cc(COc3ccc(C4(N)CCN(C(C)C(=O)NO)C4=O)cc3)c3ccccc3n2)o1. The molecule has 2 unspecified atom stereocenters. The molecule has 0 spiro atoms. The van der Waals surface area contributed by atoms with Crippen molar-refractivity contribution in [1.29, 1.82) is 0 Å². The molecule has 9 nitrogen and oxygen atoms in total. The third-order valence-corrected chi connectivity index (χ3v) is 6.91. The molecule has 4 aromatic rings. The number of rotatable bonds is 7. The number of para-hydroxylation sites is 1. The van der Waals surface area contributed by atoms with Crippen LogP contribution >= 0.6 is 0 Å². The fourth-order valence-electron chi connectivity index (χ4n) is 4.71. The van der Waals surface area contributed by atoms with Crippen molar-refractivity contribution in [3.05, 3.63) is 83.6 Å². The summed E-state index contributed by atoms with van der Waals surface area (Å²) in [5, 5.41) is 9.89. The zero-order valence-corrected chi connectivity index (χ0v) is 20.6. The van der Waals surface area contributed by atoms with E-state index < -0.39 is 17.5 Å². The number of benzene rings is 2. The molecule has 37 heavy (non-hydrogen) atoms. The molecule has 2 aromatic carbocycles. The van der Waals surface area contributed by atoms with E-state index in [2.05, 4.69) is 0 Å². The summed E-state index contributed by atoms with van der Waals surface area (Å²) in [7, 11) is 0. The van der Waals surface area contributed by atoms with E-state index in [4.69, 9.17) is 25.1 Å². The van der Waals surface area contributed by atoms with Crippen LogP contribution in [0.1, 0.15) is 30.2 Å². The van der Waals surface area contributed by atoms with Crippen molar-refractivity contribution in [2.24, 2.45) is 5.73 Å². The first-order valence-electron chi connectivity index (χ1n) is 12.0. The third-order valence-electron chi connectivity index (χ3n) is 6.91. The zero-order valence-electron chi connectivity index (χ0n) is 20.6. The van der Waals surface area contributed by atoms with Crippen molar-refractivity contribution in [3.63, 3.8) is 0 Å². The van der Waals surface area contributed by atoms with Gasteiger partial charge in [-0.3, -0.25) is 14.8 Å². The first kappa shape index (κ1) is 24.5. The van der Waals surface area contributed by atoms with E-state index in [0.717, 1.165) is 27.9 Å². The third kappa shape index (κ3) is 4.54. The summed E-state index contributed by atoms with van der Waals surface area (Å²) in [5.74, 6) is 1.12. The fourth-order valence-corrected chi connectivity index (χ4v) is 4.71. The van der Waals surface area contributed by atoms with E-state index in [9.17, 15) is 9.59 Å². The number of hydrogen-bond donors (Lipinski definition) is 3. The number of nitrogens with two attached hydrogens (primary N) is 1. The monoisotopic (exact) mass is 500 g/mol. The van der Waals surface area contributed by atoms with Crippen LogP contribution < -0.4 is 16.0 Å². The van der Waals surface area contributed by atoms with Gasteiger partial charge in [0.1, 0.15) is 35.4 Å². The van der Waals surface area contributed by atoms with E-state index in [1.54, 1.807) is 36.7 Å². The lowest BCUT2D eigenvalue weighted by molar-refractivity contribution is -0.143. The van der Waals surface area contributed by atoms with Gasteiger partial charge in [-0.05, 0) is 62.2 Å². The Hall–Kier alpha value is -4.21. The normalized spacial score (nSPS) is 18.3. The molecule has 1 fully saturated rings. The van der Waals surface area contributed by atoms with Crippen LogP contribution in [0.3, 0.4) is 0 Å². The van der Waals surface area contributed by atoms with E-state index in [0.29, 0.717) is 36.6 Å². The van der Waals surface area contributed by atoms with Crippen LogP contribution in [0.4, 0.5) is 0 Å². The van der Waals surface area contributed by atoms with Gasteiger partial charge in [0.25, 0.3) is 5.91 Å². The first-order valence-corrected chi connectivity index (χ1v) is 12.0. The van der Waals surface area contributed by atoms with Crippen molar-refractivity contribution >= 4 is 22.7 Å².